The van der Waals surface area contributed by atoms with E-state index in [9.17, 15) is 14.9 Å². The largest absolute Gasteiger partial charge is 0.472 e. The highest BCUT2D eigenvalue weighted by molar-refractivity contribution is 9.10. The van der Waals surface area contributed by atoms with Crippen molar-refractivity contribution in [2.45, 2.75) is 84.1 Å². The van der Waals surface area contributed by atoms with Crippen LogP contribution in [0.3, 0.4) is 0 Å². The fraction of sp³-hybridized carbons (Fsp3) is 0.613. The zero-order chi connectivity index (χ0) is 31.2. The van der Waals surface area contributed by atoms with E-state index in [-0.39, 0.29) is 64.9 Å². The van der Waals surface area contributed by atoms with Crippen LogP contribution in [-0.4, -0.2) is 83.8 Å². The summed E-state index contributed by atoms with van der Waals surface area (Å²) in [5.74, 6) is -0.489. The smallest absolute Gasteiger partial charge is 0.410 e. The first kappa shape index (κ1) is 31.3. The molecule has 1 aromatic carbocycles. The summed E-state index contributed by atoms with van der Waals surface area (Å²) >= 11 is 3.39. The monoisotopic (exact) mass is 658 g/mol. The summed E-state index contributed by atoms with van der Waals surface area (Å²) in [5.41, 5.74) is 1.16. The highest BCUT2D eigenvalue weighted by atomic mass is 79.9. The van der Waals surface area contributed by atoms with Gasteiger partial charge in [0.1, 0.15) is 22.9 Å². The second kappa shape index (κ2) is 12.1. The average Bonchev–Trinajstić information content (AvgIpc) is 3.51. The van der Waals surface area contributed by atoms with Crippen molar-refractivity contribution in [1.82, 2.24) is 14.8 Å². The number of benzene rings is 1. The van der Waals surface area contributed by atoms with Crippen LogP contribution in [0.4, 0.5) is 20.6 Å². The van der Waals surface area contributed by atoms with E-state index in [1.54, 1.807) is 4.90 Å². The Morgan fingerprint density at radius 3 is 2.81 bits per heavy atom. The van der Waals surface area contributed by atoms with Gasteiger partial charge in [0, 0.05) is 30.8 Å². The number of nitrogens with one attached hydrogen (secondary N) is 1. The van der Waals surface area contributed by atoms with E-state index in [4.69, 9.17) is 9.47 Å². The minimum absolute atomic E-state index is 0.0470. The number of hydrogen-bond acceptors (Lipinski definition) is 8. The second-order valence-corrected chi connectivity index (χ2v) is 13.7. The van der Waals surface area contributed by atoms with Gasteiger partial charge in [-0.3, -0.25) is 4.79 Å². The number of aromatic nitrogens is 1. The molecule has 1 aliphatic carbocycles. The van der Waals surface area contributed by atoms with E-state index in [0.29, 0.717) is 41.8 Å². The van der Waals surface area contributed by atoms with E-state index in [1.807, 2.05) is 45.7 Å². The quantitative estimate of drug-likeness (QED) is 0.378. The standard InChI is InChI=1S/C31H40BrFN6O4/c1-7-11-37(6)14-17(2)42-29-26-28(20-12-18(9-8-10-34)23(32)24(33)25(20)36-29)39(16-22(40)35-26)27-19-13-21(27)38(15-19)30(41)43-31(3,4)5/h12,17,19,21,27H,7-9,11,13-16H2,1-6H3,(H,35,40). The van der Waals surface area contributed by atoms with Crippen LogP contribution in [0.1, 0.15) is 59.4 Å². The number of carbonyl (C=O) groups is 2. The van der Waals surface area contributed by atoms with Gasteiger partial charge in [-0.1, -0.05) is 6.92 Å². The number of anilines is 2. The van der Waals surface area contributed by atoms with Gasteiger partial charge < -0.3 is 29.5 Å². The van der Waals surface area contributed by atoms with E-state index < -0.39 is 11.4 Å². The molecule has 1 saturated carbocycles. The zero-order valence-electron chi connectivity index (χ0n) is 25.7. The number of likely N-dealkylation sites (N-methyl/N-ethyl adjacent to an activating group) is 1. The molecule has 3 fully saturated rings. The van der Waals surface area contributed by atoms with E-state index in [0.717, 1.165) is 19.4 Å². The Morgan fingerprint density at radius 2 is 2.14 bits per heavy atom. The molecule has 1 N–H and O–H groups in total. The van der Waals surface area contributed by atoms with Crippen LogP contribution in [-0.2, 0) is 16.0 Å². The van der Waals surface area contributed by atoms with Crippen molar-refractivity contribution in [3.05, 3.63) is 21.9 Å². The fourth-order valence-corrected chi connectivity index (χ4v) is 7.11. The van der Waals surface area contributed by atoms with Crippen LogP contribution < -0.4 is 15.0 Å². The molecule has 0 spiro atoms. The summed E-state index contributed by atoms with van der Waals surface area (Å²) in [4.78, 5) is 36.8. The summed E-state index contributed by atoms with van der Waals surface area (Å²) in [6.07, 6.45) is 1.72. The van der Waals surface area contributed by atoms with Gasteiger partial charge in [0.2, 0.25) is 11.8 Å². The Kier molecular flexibility index (Phi) is 8.78. The Bertz CT molecular complexity index is 1470. The van der Waals surface area contributed by atoms with E-state index >= 15 is 4.39 Å². The number of rotatable bonds is 9. The van der Waals surface area contributed by atoms with Crippen molar-refractivity contribution < 1.29 is 23.5 Å². The van der Waals surface area contributed by atoms with Gasteiger partial charge in [0.05, 0.1) is 34.9 Å². The molecule has 2 saturated heterocycles. The third-order valence-electron chi connectivity index (χ3n) is 8.27. The molecule has 4 atom stereocenters. The molecule has 10 nitrogen and oxygen atoms in total. The van der Waals surface area contributed by atoms with Gasteiger partial charge in [-0.2, -0.15) is 5.26 Å². The molecule has 4 aliphatic rings. The number of halogens is 2. The maximum Gasteiger partial charge on any atom is 0.410 e. The van der Waals surface area contributed by atoms with Crippen molar-refractivity contribution in [1.29, 1.82) is 5.26 Å². The topological polar surface area (TPSA) is 111 Å². The molecule has 4 unspecified atom stereocenters. The number of pyridine rings is 1. The molecule has 0 radical (unpaired) electrons. The first-order chi connectivity index (χ1) is 20.3. The van der Waals surface area contributed by atoms with E-state index in [1.165, 1.54) is 0 Å². The predicted octanol–water partition coefficient (Wildman–Crippen LogP) is 5.47. The summed E-state index contributed by atoms with van der Waals surface area (Å²) in [5, 5.41) is 12.7. The van der Waals surface area contributed by atoms with Crippen LogP contribution in [0.15, 0.2) is 10.5 Å². The molecule has 12 heteroatoms. The van der Waals surface area contributed by atoms with Crippen LogP contribution in [0.5, 0.6) is 5.88 Å². The number of nitrogens with zero attached hydrogens (tertiary/aromatic N) is 5. The van der Waals surface area contributed by atoms with Gasteiger partial charge in [-0.25, -0.2) is 14.2 Å². The number of fused-ring (bicyclic) bond motifs is 4. The summed E-state index contributed by atoms with van der Waals surface area (Å²) in [7, 11) is 2.01. The lowest BCUT2D eigenvalue weighted by atomic mass is 9.78. The van der Waals surface area contributed by atoms with Crippen LogP contribution >= 0.6 is 15.9 Å². The summed E-state index contributed by atoms with van der Waals surface area (Å²) < 4.78 is 28.3. The normalized spacial score (nSPS) is 21.8. The fourth-order valence-electron chi connectivity index (χ4n) is 6.61. The predicted molar refractivity (Wildman–Crippen MR) is 166 cm³/mol. The number of ether oxygens (including phenoxy) is 2. The van der Waals surface area contributed by atoms with Gasteiger partial charge in [-0.05, 0) is 88.1 Å². The lowest BCUT2D eigenvalue weighted by Crippen LogP contribution is -2.59. The number of amides is 2. The van der Waals surface area contributed by atoms with Crippen molar-refractivity contribution in [3.8, 4) is 11.9 Å². The van der Waals surface area contributed by atoms with Gasteiger partial charge >= 0.3 is 6.09 Å². The molecule has 3 aliphatic heterocycles. The Labute approximate surface area is 260 Å². The molecule has 1 aromatic heterocycles. The summed E-state index contributed by atoms with van der Waals surface area (Å²) in [6.45, 7) is 11.6. The third-order valence-corrected chi connectivity index (χ3v) is 9.13. The number of nitriles is 1. The molecule has 232 valence electrons. The molecule has 2 bridgehead atoms. The Balaban J connectivity index is 1.61. The maximum absolute atomic E-state index is 16.0. The zero-order valence-corrected chi connectivity index (χ0v) is 27.3. The van der Waals surface area contributed by atoms with Crippen LogP contribution in [0.25, 0.3) is 10.9 Å². The van der Waals surface area contributed by atoms with Gasteiger partial charge in [-0.15, -0.1) is 0 Å². The van der Waals surface area contributed by atoms with Crippen molar-refractivity contribution in [2.24, 2.45) is 5.92 Å². The molecule has 4 heterocycles. The highest BCUT2D eigenvalue weighted by Gasteiger charge is 2.58. The minimum atomic E-state index is -0.627. The molecular formula is C31H40BrFN6O4. The number of hydrogen-bond donors (Lipinski definition) is 1. The molecule has 43 heavy (non-hydrogen) atoms. The molecule has 2 amide bonds. The minimum Gasteiger partial charge on any atom is -0.472 e. The molecule has 6 rings (SSSR count). The molecule has 2 aromatic rings. The first-order valence-electron chi connectivity index (χ1n) is 15.0. The van der Waals surface area contributed by atoms with E-state index in [2.05, 4.69) is 44.1 Å². The highest BCUT2D eigenvalue weighted by Crippen LogP contribution is 2.52. The van der Waals surface area contributed by atoms with Crippen molar-refractivity contribution >= 4 is 50.2 Å². The van der Waals surface area contributed by atoms with Gasteiger partial charge in [0.15, 0.2) is 5.82 Å². The lowest BCUT2D eigenvalue weighted by molar-refractivity contribution is -0.115. The Hall–Kier alpha value is -3.17. The average molecular weight is 660 g/mol. The van der Waals surface area contributed by atoms with Crippen molar-refractivity contribution in [3.63, 3.8) is 0 Å². The lowest BCUT2D eigenvalue weighted by Gasteiger charge is -2.47. The second-order valence-electron chi connectivity index (χ2n) is 12.9. The van der Waals surface area contributed by atoms with Crippen LogP contribution in [0.2, 0.25) is 0 Å². The van der Waals surface area contributed by atoms with Crippen LogP contribution in [0, 0.1) is 23.1 Å². The SMILES string of the molecule is CCCN(C)CC(C)Oc1nc2c(F)c(Br)c(CCC#N)cc2c2c1NC(=O)CN2C1C2CC1N(C(=O)OC(C)(C)C)C2. The maximum atomic E-state index is 16.0. The Morgan fingerprint density at radius 1 is 1.40 bits per heavy atom. The van der Waals surface area contributed by atoms with Crippen molar-refractivity contribution in [2.75, 3.05) is 43.4 Å². The molecular weight excluding hydrogens is 619 g/mol. The third kappa shape index (κ3) is 6.11. The number of carbonyl (C=O) groups excluding carboxylic acids is 2. The summed E-state index contributed by atoms with van der Waals surface area (Å²) in [6, 6.07) is 3.68. The van der Waals surface area contributed by atoms with Gasteiger partial charge in [0.25, 0.3) is 0 Å². The number of aryl methyl sites for hydroxylation is 1. The first-order valence-corrected chi connectivity index (χ1v) is 15.7.